The van der Waals surface area contributed by atoms with Gasteiger partial charge in [0.1, 0.15) is 4.21 Å². The summed E-state index contributed by atoms with van der Waals surface area (Å²) >= 11 is 1.10. The van der Waals surface area contributed by atoms with Crippen LogP contribution in [0.5, 0.6) is 0 Å². The minimum absolute atomic E-state index is 0.196. The highest BCUT2D eigenvalue weighted by atomic mass is 32.2. The highest BCUT2D eigenvalue weighted by Gasteiger charge is 2.23. The Morgan fingerprint density at radius 1 is 1.32 bits per heavy atom. The zero-order valence-corrected chi connectivity index (χ0v) is 13.3. The molecule has 1 aromatic carbocycles. The lowest BCUT2D eigenvalue weighted by molar-refractivity contribution is -0.116. The molecule has 0 radical (unpaired) electrons. The third kappa shape index (κ3) is 3.71. The van der Waals surface area contributed by atoms with Gasteiger partial charge in [0, 0.05) is 12.7 Å². The summed E-state index contributed by atoms with van der Waals surface area (Å²) in [5, 5.41) is 13.0. The molecule has 1 heterocycles. The molecule has 0 spiro atoms. The molecule has 0 bridgehead atoms. The van der Waals surface area contributed by atoms with Crippen molar-refractivity contribution in [3.63, 3.8) is 0 Å². The summed E-state index contributed by atoms with van der Waals surface area (Å²) in [6.45, 7) is -0.291. The molecule has 1 N–H and O–H groups in total. The normalized spacial score (nSPS) is 11.1. The van der Waals surface area contributed by atoms with Crippen LogP contribution >= 0.6 is 11.3 Å². The minimum atomic E-state index is -3.65. The number of benzene rings is 1. The van der Waals surface area contributed by atoms with E-state index >= 15 is 0 Å². The molecule has 1 aromatic heterocycles. The number of likely N-dealkylation sites (N-methyl/N-ethyl adjacent to an activating group) is 1. The predicted molar refractivity (Wildman–Crippen MR) is 83.9 cm³/mol. The fraction of sp³-hybridized carbons (Fsp3) is 0.143. The van der Waals surface area contributed by atoms with Crippen LogP contribution in [0, 0.1) is 11.3 Å². The highest BCUT2D eigenvalue weighted by Crippen LogP contribution is 2.19. The number of carbonyl (C=O) groups is 1. The average Bonchev–Trinajstić information content (AvgIpc) is 3.02. The summed E-state index contributed by atoms with van der Waals surface area (Å²) in [6, 6.07) is 11.4. The van der Waals surface area contributed by atoms with E-state index in [1.54, 1.807) is 35.7 Å². The molecule has 0 unspecified atom stereocenters. The van der Waals surface area contributed by atoms with Crippen LogP contribution in [0.4, 0.5) is 5.69 Å². The first-order chi connectivity index (χ1) is 10.4. The van der Waals surface area contributed by atoms with E-state index in [0.717, 1.165) is 15.6 Å². The Hall–Kier alpha value is -2.21. The quantitative estimate of drug-likeness (QED) is 0.903. The maximum Gasteiger partial charge on any atom is 0.252 e. The first-order valence-electron chi connectivity index (χ1n) is 6.23. The zero-order valence-electron chi connectivity index (χ0n) is 11.7. The Kier molecular flexibility index (Phi) is 4.92. The predicted octanol–water partition coefficient (Wildman–Crippen LogP) is 1.88. The van der Waals surface area contributed by atoms with Gasteiger partial charge in [0.05, 0.1) is 18.2 Å². The second-order valence-corrected chi connectivity index (χ2v) is 7.65. The smallest absolute Gasteiger partial charge is 0.252 e. The van der Waals surface area contributed by atoms with Crippen molar-refractivity contribution in [1.29, 1.82) is 5.26 Å². The van der Waals surface area contributed by atoms with Gasteiger partial charge < -0.3 is 5.32 Å². The first kappa shape index (κ1) is 16.2. The number of thiophene rings is 1. The third-order valence-electron chi connectivity index (χ3n) is 2.82. The number of sulfonamides is 1. The van der Waals surface area contributed by atoms with Gasteiger partial charge in [-0.05, 0) is 35.7 Å². The minimum Gasteiger partial charge on any atom is -0.325 e. The summed E-state index contributed by atoms with van der Waals surface area (Å²) in [4.78, 5) is 11.9. The Bertz CT molecular complexity index is 791. The first-order valence-corrected chi connectivity index (χ1v) is 8.55. The van der Waals surface area contributed by atoms with Crippen LogP contribution in [0.3, 0.4) is 0 Å². The van der Waals surface area contributed by atoms with Gasteiger partial charge in [0.15, 0.2) is 0 Å². The van der Waals surface area contributed by atoms with Crippen molar-refractivity contribution in [2.24, 2.45) is 0 Å². The number of rotatable bonds is 5. The molecule has 0 aliphatic rings. The van der Waals surface area contributed by atoms with Crippen LogP contribution in [0.1, 0.15) is 5.56 Å². The molecule has 2 rings (SSSR count). The van der Waals surface area contributed by atoms with E-state index in [2.05, 4.69) is 5.32 Å². The summed E-state index contributed by atoms with van der Waals surface area (Å²) in [7, 11) is -2.29. The Morgan fingerprint density at radius 3 is 2.55 bits per heavy atom. The number of nitrogens with one attached hydrogen (secondary N) is 1. The van der Waals surface area contributed by atoms with Crippen molar-refractivity contribution in [3.05, 3.63) is 47.3 Å². The largest absolute Gasteiger partial charge is 0.325 e. The van der Waals surface area contributed by atoms with E-state index < -0.39 is 15.9 Å². The third-order valence-corrected chi connectivity index (χ3v) is 6.00. The lowest BCUT2D eigenvalue weighted by Gasteiger charge is -2.15. The van der Waals surface area contributed by atoms with Gasteiger partial charge in [-0.3, -0.25) is 4.79 Å². The molecule has 6 nitrogen and oxygen atoms in total. The SMILES string of the molecule is CN(CC(=O)Nc1ccc(C#N)cc1)S(=O)(=O)c1cccs1. The Morgan fingerprint density at radius 2 is 2.00 bits per heavy atom. The fourth-order valence-electron chi connectivity index (χ4n) is 1.68. The van der Waals surface area contributed by atoms with Gasteiger partial charge in [-0.1, -0.05) is 6.07 Å². The van der Waals surface area contributed by atoms with Crippen molar-refractivity contribution < 1.29 is 13.2 Å². The zero-order chi connectivity index (χ0) is 16.2. The molecule has 114 valence electrons. The Labute approximate surface area is 132 Å². The molecular weight excluding hydrogens is 322 g/mol. The second kappa shape index (κ2) is 6.70. The van der Waals surface area contributed by atoms with Gasteiger partial charge in [-0.25, -0.2) is 8.42 Å². The van der Waals surface area contributed by atoms with Crippen LogP contribution in [0.25, 0.3) is 0 Å². The van der Waals surface area contributed by atoms with Gasteiger partial charge in [-0.15, -0.1) is 11.3 Å². The van der Waals surface area contributed by atoms with Crippen molar-refractivity contribution in [2.45, 2.75) is 4.21 Å². The lowest BCUT2D eigenvalue weighted by atomic mass is 10.2. The second-order valence-electron chi connectivity index (χ2n) is 4.43. The molecule has 0 saturated carbocycles. The highest BCUT2D eigenvalue weighted by molar-refractivity contribution is 7.91. The fourth-order valence-corrected chi connectivity index (χ4v) is 4.01. The van der Waals surface area contributed by atoms with Gasteiger partial charge >= 0.3 is 0 Å². The molecule has 22 heavy (non-hydrogen) atoms. The lowest BCUT2D eigenvalue weighted by Crippen LogP contribution is -2.34. The van der Waals surface area contributed by atoms with E-state index in [0.29, 0.717) is 11.3 Å². The molecule has 0 saturated heterocycles. The van der Waals surface area contributed by atoms with Gasteiger partial charge in [0.25, 0.3) is 10.0 Å². The number of hydrogen-bond acceptors (Lipinski definition) is 5. The molecule has 0 aliphatic heterocycles. The van der Waals surface area contributed by atoms with E-state index in [9.17, 15) is 13.2 Å². The van der Waals surface area contributed by atoms with Crippen LogP contribution in [0.15, 0.2) is 46.0 Å². The summed E-state index contributed by atoms with van der Waals surface area (Å²) in [5.41, 5.74) is 0.987. The summed E-state index contributed by atoms with van der Waals surface area (Å²) < 4.78 is 25.6. The number of amides is 1. The van der Waals surface area contributed by atoms with Crippen LogP contribution in [-0.4, -0.2) is 32.2 Å². The van der Waals surface area contributed by atoms with Crippen molar-refractivity contribution in [2.75, 3.05) is 18.9 Å². The number of carbonyl (C=O) groups excluding carboxylic acids is 1. The van der Waals surface area contributed by atoms with Crippen LogP contribution in [-0.2, 0) is 14.8 Å². The van der Waals surface area contributed by atoms with Crippen LogP contribution < -0.4 is 5.32 Å². The summed E-state index contributed by atoms with van der Waals surface area (Å²) in [6.07, 6.45) is 0. The maximum atomic E-state index is 12.2. The number of hydrogen-bond donors (Lipinski definition) is 1. The Balaban J connectivity index is 2.01. The number of anilines is 1. The van der Waals surface area contributed by atoms with Crippen LogP contribution in [0.2, 0.25) is 0 Å². The van der Waals surface area contributed by atoms with E-state index in [4.69, 9.17) is 5.26 Å². The topological polar surface area (TPSA) is 90.3 Å². The molecule has 0 fully saturated rings. The van der Waals surface area contributed by atoms with Crippen molar-refractivity contribution in [3.8, 4) is 6.07 Å². The average molecular weight is 335 g/mol. The standard InChI is InChI=1S/C14H13N3O3S2/c1-17(22(19,20)14-3-2-8-21-14)10-13(18)16-12-6-4-11(9-15)5-7-12/h2-8H,10H2,1H3,(H,16,18). The van der Waals surface area contributed by atoms with E-state index in [1.807, 2.05) is 6.07 Å². The van der Waals surface area contributed by atoms with E-state index in [-0.39, 0.29) is 10.8 Å². The molecule has 8 heteroatoms. The number of nitrogens with zero attached hydrogens (tertiary/aromatic N) is 2. The summed E-state index contributed by atoms with van der Waals surface area (Å²) in [5.74, 6) is -0.452. The molecule has 2 aromatic rings. The van der Waals surface area contributed by atoms with E-state index in [1.165, 1.54) is 13.1 Å². The van der Waals surface area contributed by atoms with Crippen molar-refractivity contribution >= 4 is 33.0 Å². The van der Waals surface area contributed by atoms with Crippen molar-refractivity contribution in [1.82, 2.24) is 4.31 Å². The monoisotopic (exact) mass is 335 g/mol. The number of nitriles is 1. The molecule has 0 aliphatic carbocycles. The van der Waals surface area contributed by atoms with Gasteiger partial charge in [-0.2, -0.15) is 9.57 Å². The maximum absolute atomic E-state index is 12.2. The molecule has 0 atom stereocenters. The molecular formula is C14H13N3O3S2. The van der Waals surface area contributed by atoms with Gasteiger partial charge in [0.2, 0.25) is 5.91 Å². The molecule has 1 amide bonds.